The Hall–Kier alpha value is -1.38. The summed E-state index contributed by atoms with van der Waals surface area (Å²) in [6.45, 7) is 12.7. The molecule has 0 spiro atoms. The van der Waals surface area contributed by atoms with E-state index in [1.165, 1.54) is 0 Å². The molecule has 0 aliphatic rings. The first-order valence-corrected chi connectivity index (χ1v) is 7.65. The summed E-state index contributed by atoms with van der Waals surface area (Å²) >= 11 is 0. The third kappa shape index (κ3) is 5.49. The molecule has 1 rings (SSSR count). The number of Topliss-reactive ketones (excluding diaryl/α,β-unsaturated/α-hetero) is 1. The number of hydrogen-bond donors (Lipinski definition) is 0. The third-order valence-electron chi connectivity index (χ3n) is 3.65. The average Bonchev–Trinajstić information content (AvgIpc) is 2.31. The summed E-state index contributed by atoms with van der Waals surface area (Å²) < 4.78 is 5.39. The summed E-state index contributed by atoms with van der Waals surface area (Å²) in [5, 5.41) is 0. The van der Waals surface area contributed by atoms with E-state index in [2.05, 4.69) is 32.7 Å². The highest BCUT2D eigenvalue weighted by Gasteiger charge is 2.19. The molecule has 0 aliphatic heterocycles. The van der Waals surface area contributed by atoms with Gasteiger partial charge < -0.3 is 4.74 Å². The number of hydrogen-bond acceptors (Lipinski definition) is 3. The number of carbonyl (C=O) groups is 1. The lowest BCUT2D eigenvalue weighted by Crippen LogP contribution is -2.16. The van der Waals surface area contributed by atoms with Crippen LogP contribution < -0.4 is 4.74 Å². The maximum absolute atomic E-state index is 12.3. The first kappa shape index (κ1) is 17.7. The molecule has 3 heteroatoms. The lowest BCUT2D eigenvalue weighted by molar-refractivity contribution is -0.119. The molecule has 1 atom stereocenters. The lowest BCUT2D eigenvalue weighted by atomic mass is 9.83. The highest BCUT2D eigenvalue weighted by atomic mass is 16.5. The second-order valence-corrected chi connectivity index (χ2v) is 7.34. The molecule has 0 radical (unpaired) electrons. The van der Waals surface area contributed by atoms with Crippen molar-refractivity contribution < 1.29 is 9.53 Å². The Morgan fingerprint density at radius 3 is 2.48 bits per heavy atom. The quantitative estimate of drug-likeness (QED) is 0.785. The Labute approximate surface area is 129 Å². The van der Waals surface area contributed by atoms with Crippen molar-refractivity contribution in [1.29, 1.82) is 0 Å². The van der Waals surface area contributed by atoms with Gasteiger partial charge in [0.2, 0.25) is 0 Å². The molecule has 0 bridgehead atoms. The normalized spacial score (nSPS) is 13.1. The zero-order chi connectivity index (χ0) is 16.2. The topological polar surface area (TPSA) is 39.2 Å². The molecule has 0 fully saturated rings. The number of rotatable bonds is 6. The van der Waals surface area contributed by atoms with Crippen molar-refractivity contribution in [2.24, 2.45) is 11.3 Å². The number of ketones is 1. The van der Waals surface area contributed by atoms with Crippen LogP contribution in [-0.4, -0.2) is 17.9 Å². The summed E-state index contributed by atoms with van der Waals surface area (Å²) in [7, 11) is 1.66. The summed E-state index contributed by atoms with van der Waals surface area (Å²) in [4.78, 5) is 16.7. The van der Waals surface area contributed by atoms with Gasteiger partial charge in [0.05, 0.1) is 12.8 Å². The predicted molar refractivity (Wildman–Crippen MR) is 86.8 cm³/mol. The van der Waals surface area contributed by atoms with Gasteiger partial charge in [0.1, 0.15) is 11.5 Å². The molecule has 21 heavy (non-hydrogen) atoms. The number of aromatic nitrogens is 1. The second-order valence-electron chi connectivity index (χ2n) is 7.34. The standard InChI is InChI=1S/C18H29NO2/c1-12(10-18(4,5)6)8-15(20)9-16-14(3)17(21-7)13(2)11-19-16/h11-12H,8-10H2,1-7H3. The van der Waals surface area contributed by atoms with Crippen molar-refractivity contribution in [1.82, 2.24) is 4.98 Å². The van der Waals surface area contributed by atoms with Gasteiger partial charge in [-0.3, -0.25) is 9.78 Å². The van der Waals surface area contributed by atoms with E-state index in [-0.39, 0.29) is 11.2 Å². The maximum Gasteiger partial charge on any atom is 0.139 e. The van der Waals surface area contributed by atoms with Gasteiger partial charge in [-0.2, -0.15) is 0 Å². The fourth-order valence-electron chi connectivity index (χ4n) is 3.01. The molecule has 0 N–H and O–H groups in total. The summed E-state index contributed by atoms with van der Waals surface area (Å²) in [5.74, 6) is 1.51. The van der Waals surface area contributed by atoms with Crippen LogP contribution in [0, 0.1) is 25.2 Å². The van der Waals surface area contributed by atoms with Gasteiger partial charge in [-0.25, -0.2) is 0 Å². The van der Waals surface area contributed by atoms with Crippen molar-refractivity contribution in [3.8, 4) is 5.75 Å². The average molecular weight is 291 g/mol. The second kappa shape index (κ2) is 7.06. The van der Waals surface area contributed by atoms with E-state index in [0.29, 0.717) is 18.8 Å². The Morgan fingerprint density at radius 2 is 1.95 bits per heavy atom. The van der Waals surface area contributed by atoms with Gasteiger partial charge in [0, 0.05) is 30.2 Å². The number of carbonyl (C=O) groups excluding carboxylic acids is 1. The lowest BCUT2D eigenvalue weighted by Gasteiger charge is -2.22. The Bertz CT molecular complexity index is 501. The van der Waals surface area contributed by atoms with Crippen LogP contribution in [0.3, 0.4) is 0 Å². The van der Waals surface area contributed by atoms with Crippen molar-refractivity contribution in [2.45, 2.75) is 60.8 Å². The van der Waals surface area contributed by atoms with E-state index < -0.39 is 0 Å². The molecule has 0 amide bonds. The number of pyridine rings is 1. The molecule has 0 saturated heterocycles. The SMILES string of the molecule is COc1c(C)cnc(CC(=O)CC(C)CC(C)(C)C)c1C. The first-order valence-electron chi connectivity index (χ1n) is 7.65. The van der Waals surface area contributed by atoms with Gasteiger partial charge in [0.15, 0.2) is 0 Å². The Balaban J connectivity index is 2.72. The Kier molecular flexibility index (Phi) is 5.94. The van der Waals surface area contributed by atoms with E-state index >= 15 is 0 Å². The molecule has 0 aliphatic carbocycles. The molecule has 0 aromatic carbocycles. The van der Waals surface area contributed by atoms with Gasteiger partial charge in [-0.05, 0) is 31.6 Å². The van der Waals surface area contributed by atoms with Crippen LogP contribution in [0.25, 0.3) is 0 Å². The minimum Gasteiger partial charge on any atom is -0.496 e. The highest BCUT2D eigenvalue weighted by molar-refractivity contribution is 5.81. The maximum atomic E-state index is 12.3. The van der Waals surface area contributed by atoms with Crippen molar-refractivity contribution in [3.05, 3.63) is 23.0 Å². The van der Waals surface area contributed by atoms with Crippen LogP contribution in [0.4, 0.5) is 0 Å². The van der Waals surface area contributed by atoms with Crippen LogP contribution in [0.15, 0.2) is 6.20 Å². The summed E-state index contributed by atoms with van der Waals surface area (Å²) in [6, 6.07) is 0. The van der Waals surface area contributed by atoms with Crippen LogP contribution in [0.2, 0.25) is 0 Å². The summed E-state index contributed by atoms with van der Waals surface area (Å²) in [6.07, 6.45) is 3.86. The monoisotopic (exact) mass is 291 g/mol. The van der Waals surface area contributed by atoms with Crippen LogP contribution in [-0.2, 0) is 11.2 Å². The zero-order valence-corrected chi connectivity index (χ0v) is 14.5. The van der Waals surface area contributed by atoms with Crippen molar-refractivity contribution in [2.75, 3.05) is 7.11 Å². The van der Waals surface area contributed by atoms with E-state index in [4.69, 9.17) is 4.74 Å². The molecular formula is C18H29NO2. The van der Waals surface area contributed by atoms with E-state index in [0.717, 1.165) is 29.0 Å². The van der Waals surface area contributed by atoms with E-state index in [9.17, 15) is 4.79 Å². The Morgan fingerprint density at radius 1 is 1.33 bits per heavy atom. The first-order chi connectivity index (χ1) is 9.64. The molecule has 118 valence electrons. The number of methoxy groups -OCH3 is 1. The highest BCUT2D eigenvalue weighted by Crippen LogP contribution is 2.27. The minimum absolute atomic E-state index is 0.258. The molecule has 3 nitrogen and oxygen atoms in total. The van der Waals surface area contributed by atoms with Gasteiger partial charge >= 0.3 is 0 Å². The predicted octanol–water partition coefficient (Wildman–Crippen LogP) is 4.28. The third-order valence-corrected chi connectivity index (χ3v) is 3.65. The minimum atomic E-state index is 0.258. The van der Waals surface area contributed by atoms with Crippen molar-refractivity contribution in [3.63, 3.8) is 0 Å². The van der Waals surface area contributed by atoms with Crippen LogP contribution in [0.5, 0.6) is 5.75 Å². The van der Waals surface area contributed by atoms with E-state index in [1.807, 2.05) is 13.8 Å². The van der Waals surface area contributed by atoms with Gasteiger partial charge in [-0.15, -0.1) is 0 Å². The smallest absolute Gasteiger partial charge is 0.139 e. The van der Waals surface area contributed by atoms with Crippen LogP contribution >= 0.6 is 0 Å². The molecule has 1 aromatic rings. The largest absolute Gasteiger partial charge is 0.496 e. The summed E-state index contributed by atoms with van der Waals surface area (Å²) in [5.41, 5.74) is 3.09. The fourth-order valence-corrected chi connectivity index (χ4v) is 3.01. The molecule has 1 unspecified atom stereocenters. The zero-order valence-electron chi connectivity index (χ0n) is 14.5. The molecule has 0 saturated carbocycles. The molecule has 1 heterocycles. The number of aryl methyl sites for hydroxylation is 1. The van der Waals surface area contributed by atoms with Crippen molar-refractivity contribution >= 4 is 5.78 Å². The van der Waals surface area contributed by atoms with Crippen LogP contribution in [0.1, 0.15) is 57.4 Å². The molecular weight excluding hydrogens is 262 g/mol. The fraction of sp³-hybridized carbons (Fsp3) is 0.667. The number of ether oxygens (including phenoxy) is 1. The number of nitrogens with zero attached hydrogens (tertiary/aromatic N) is 1. The van der Waals surface area contributed by atoms with E-state index in [1.54, 1.807) is 13.3 Å². The van der Waals surface area contributed by atoms with Gasteiger partial charge in [0.25, 0.3) is 0 Å². The molecule has 1 aromatic heterocycles. The van der Waals surface area contributed by atoms with Gasteiger partial charge in [-0.1, -0.05) is 27.7 Å².